The Morgan fingerprint density at radius 2 is 1.60 bits per heavy atom. The standard InChI is InChI=1S/C20H19N5/c1-14(2)17-5-3-4-6-18(17)25-20-11-19(22-13-23-20)24-16-9-7-15(12-21)8-10-16/h3-11,13-14H,1-2H3,(H2,22,23,24,25). The van der Waals surface area contributed by atoms with Crippen LogP contribution in [0.25, 0.3) is 0 Å². The highest BCUT2D eigenvalue weighted by Crippen LogP contribution is 2.27. The number of nitrogens with one attached hydrogen (secondary N) is 2. The van der Waals surface area contributed by atoms with Crippen LogP contribution in [-0.4, -0.2) is 9.97 Å². The van der Waals surface area contributed by atoms with E-state index in [0.717, 1.165) is 17.2 Å². The first kappa shape index (κ1) is 16.5. The van der Waals surface area contributed by atoms with E-state index in [2.05, 4.69) is 46.6 Å². The maximum absolute atomic E-state index is 8.86. The van der Waals surface area contributed by atoms with Gasteiger partial charge in [0, 0.05) is 17.4 Å². The summed E-state index contributed by atoms with van der Waals surface area (Å²) < 4.78 is 0. The van der Waals surface area contributed by atoms with Gasteiger partial charge >= 0.3 is 0 Å². The molecule has 5 nitrogen and oxygen atoms in total. The summed E-state index contributed by atoms with van der Waals surface area (Å²) in [5, 5.41) is 15.4. The minimum Gasteiger partial charge on any atom is -0.340 e. The number of benzene rings is 2. The van der Waals surface area contributed by atoms with Crippen molar-refractivity contribution in [3.8, 4) is 6.07 Å². The van der Waals surface area contributed by atoms with Crippen LogP contribution in [0.2, 0.25) is 0 Å². The van der Waals surface area contributed by atoms with Crippen LogP contribution in [0.1, 0.15) is 30.9 Å². The molecule has 5 heteroatoms. The Hall–Kier alpha value is -3.39. The minimum atomic E-state index is 0.418. The quantitative estimate of drug-likeness (QED) is 0.692. The zero-order chi connectivity index (χ0) is 17.6. The fourth-order valence-electron chi connectivity index (χ4n) is 2.52. The van der Waals surface area contributed by atoms with E-state index >= 15 is 0 Å². The number of para-hydroxylation sites is 1. The molecule has 3 rings (SSSR count). The van der Waals surface area contributed by atoms with Crippen LogP contribution in [0.3, 0.4) is 0 Å². The number of nitrogens with zero attached hydrogens (tertiary/aromatic N) is 3. The Kier molecular flexibility index (Phi) is 4.91. The van der Waals surface area contributed by atoms with Crippen LogP contribution >= 0.6 is 0 Å². The van der Waals surface area contributed by atoms with Crippen LogP contribution in [-0.2, 0) is 0 Å². The summed E-state index contributed by atoms with van der Waals surface area (Å²) in [6.07, 6.45) is 1.52. The summed E-state index contributed by atoms with van der Waals surface area (Å²) in [7, 11) is 0. The van der Waals surface area contributed by atoms with Crippen molar-refractivity contribution >= 4 is 23.0 Å². The minimum absolute atomic E-state index is 0.418. The number of hydrogen-bond acceptors (Lipinski definition) is 5. The maximum Gasteiger partial charge on any atom is 0.135 e. The van der Waals surface area contributed by atoms with Gasteiger partial charge in [-0.3, -0.25) is 0 Å². The Balaban J connectivity index is 1.79. The second-order valence-corrected chi connectivity index (χ2v) is 5.97. The number of anilines is 4. The molecule has 2 aromatic carbocycles. The molecule has 0 radical (unpaired) electrons. The van der Waals surface area contributed by atoms with Gasteiger partial charge in [0.2, 0.25) is 0 Å². The van der Waals surface area contributed by atoms with Gasteiger partial charge in [-0.25, -0.2) is 9.97 Å². The molecule has 0 fully saturated rings. The lowest BCUT2D eigenvalue weighted by molar-refractivity contribution is 0.869. The van der Waals surface area contributed by atoms with Gasteiger partial charge in [0.25, 0.3) is 0 Å². The van der Waals surface area contributed by atoms with Gasteiger partial charge < -0.3 is 10.6 Å². The van der Waals surface area contributed by atoms with E-state index in [-0.39, 0.29) is 0 Å². The fourth-order valence-corrected chi connectivity index (χ4v) is 2.52. The van der Waals surface area contributed by atoms with Crippen molar-refractivity contribution in [1.29, 1.82) is 5.26 Å². The lowest BCUT2D eigenvalue weighted by atomic mass is 10.0. The van der Waals surface area contributed by atoms with Crippen LogP contribution < -0.4 is 10.6 Å². The topological polar surface area (TPSA) is 73.6 Å². The molecular weight excluding hydrogens is 310 g/mol. The van der Waals surface area contributed by atoms with E-state index in [9.17, 15) is 0 Å². The Bertz CT molecular complexity index is 894. The van der Waals surface area contributed by atoms with E-state index in [0.29, 0.717) is 17.3 Å². The summed E-state index contributed by atoms with van der Waals surface area (Å²) in [5.74, 6) is 1.82. The van der Waals surface area contributed by atoms with Crippen LogP contribution in [0.15, 0.2) is 60.9 Å². The van der Waals surface area contributed by atoms with Crippen molar-refractivity contribution in [2.24, 2.45) is 0 Å². The van der Waals surface area contributed by atoms with E-state index < -0.39 is 0 Å². The summed E-state index contributed by atoms with van der Waals surface area (Å²) in [6, 6.07) is 19.4. The van der Waals surface area contributed by atoms with Crippen LogP contribution in [0.4, 0.5) is 23.0 Å². The molecule has 124 valence electrons. The molecule has 0 bridgehead atoms. The number of nitriles is 1. The SMILES string of the molecule is CC(C)c1ccccc1Nc1cc(Nc2ccc(C#N)cc2)ncn1. The average molecular weight is 329 g/mol. The molecule has 0 aliphatic rings. The smallest absolute Gasteiger partial charge is 0.135 e. The fraction of sp³-hybridized carbons (Fsp3) is 0.150. The first-order valence-electron chi connectivity index (χ1n) is 8.11. The second-order valence-electron chi connectivity index (χ2n) is 5.97. The predicted octanol–water partition coefficient (Wildman–Crippen LogP) is 4.96. The Morgan fingerprint density at radius 3 is 2.28 bits per heavy atom. The summed E-state index contributed by atoms with van der Waals surface area (Å²) >= 11 is 0. The zero-order valence-corrected chi connectivity index (χ0v) is 14.2. The molecule has 0 unspecified atom stereocenters. The highest BCUT2D eigenvalue weighted by atomic mass is 15.1. The molecule has 0 saturated carbocycles. The van der Waals surface area contributed by atoms with Crippen molar-refractivity contribution in [3.05, 3.63) is 72.1 Å². The normalized spacial score (nSPS) is 10.3. The lowest BCUT2D eigenvalue weighted by Crippen LogP contribution is -2.01. The van der Waals surface area contributed by atoms with Crippen molar-refractivity contribution in [2.45, 2.75) is 19.8 Å². The van der Waals surface area contributed by atoms with Gasteiger partial charge in [-0.05, 0) is 41.8 Å². The highest BCUT2D eigenvalue weighted by molar-refractivity contribution is 5.65. The molecule has 1 aromatic heterocycles. The predicted molar refractivity (Wildman–Crippen MR) is 100 cm³/mol. The second kappa shape index (κ2) is 7.45. The van der Waals surface area contributed by atoms with Crippen molar-refractivity contribution in [1.82, 2.24) is 9.97 Å². The zero-order valence-electron chi connectivity index (χ0n) is 14.2. The molecule has 1 heterocycles. The Morgan fingerprint density at radius 1 is 0.920 bits per heavy atom. The third kappa shape index (κ3) is 4.12. The van der Waals surface area contributed by atoms with Gasteiger partial charge in [-0.15, -0.1) is 0 Å². The molecule has 0 atom stereocenters. The van der Waals surface area contributed by atoms with Crippen LogP contribution in [0.5, 0.6) is 0 Å². The van der Waals surface area contributed by atoms with Gasteiger partial charge in [0.1, 0.15) is 18.0 Å². The number of hydrogen-bond donors (Lipinski definition) is 2. The molecule has 0 saturated heterocycles. The van der Waals surface area contributed by atoms with Gasteiger partial charge in [-0.2, -0.15) is 5.26 Å². The lowest BCUT2D eigenvalue weighted by Gasteiger charge is -2.14. The average Bonchev–Trinajstić information content (AvgIpc) is 2.63. The van der Waals surface area contributed by atoms with Gasteiger partial charge in [0.05, 0.1) is 11.6 Å². The van der Waals surface area contributed by atoms with Gasteiger partial charge in [-0.1, -0.05) is 32.0 Å². The van der Waals surface area contributed by atoms with E-state index in [4.69, 9.17) is 5.26 Å². The van der Waals surface area contributed by atoms with Crippen LogP contribution in [0, 0.1) is 11.3 Å². The molecule has 0 aliphatic carbocycles. The van der Waals surface area contributed by atoms with E-state index in [1.54, 1.807) is 12.1 Å². The monoisotopic (exact) mass is 329 g/mol. The molecule has 0 amide bonds. The molecule has 2 N–H and O–H groups in total. The third-order valence-electron chi connectivity index (χ3n) is 3.80. The molecule has 3 aromatic rings. The third-order valence-corrected chi connectivity index (χ3v) is 3.80. The van der Waals surface area contributed by atoms with Crippen molar-refractivity contribution < 1.29 is 0 Å². The molecule has 25 heavy (non-hydrogen) atoms. The summed E-state index contributed by atoms with van der Waals surface area (Å²) in [6.45, 7) is 4.33. The number of rotatable bonds is 5. The van der Waals surface area contributed by atoms with Gasteiger partial charge in [0.15, 0.2) is 0 Å². The molecule has 0 aliphatic heterocycles. The largest absolute Gasteiger partial charge is 0.340 e. The van der Waals surface area contributed by atoms with Crippen molar-refractivity contribution in [3.63, 3.8) is 0 Å². The van der Waals surface area contributed by atoms with Crippen molar-refractivity contribution in [2.75, 3.05) is 10.6 Å². The van der Waals surface area contributed by atoms with E-state index in [1.807, 2.05) is 36.4 Å². The number of aromatic nitrogens is 2. The summed E-state index contributed by atoms with van der Waals surface area (Å²) in [5.41, 5.74) is 3.77. The Labute approximate surface area is 147 Å². The highest BCUT2D eigenvalue weighted by Gasteiger charge is 2.07. The molecular formula is C20H19N5. The molecule has 0 spiro atoms. The first-order chi connectivity index (χ1) is 12.2. The first-order valence-corrected chi connectivity index (χ1v) is 8.11. The van der Waals surface area contributed by atoms with E-state index in [1.165, 1.54) is 11.9 Å². The summed E-state index contributed by atoms with van der Waals surface area (Å²) in [4.78, 5) is 8.55. The maximum atomic E-state index is 8.86.